The summed E-state index contributed by atoms with van der Waals surface area (Å²) in [5, 5.41) is -0.493. The second-order valence-corrected chi connectivity index (χ2v) is 2.42. The molecule has 0 aromatic heterocycles. The van der Waals surface area contributed by atoms with Crippen molar-refractivity contribution >= 4 is 11.6 Å². The molecule has 60 valence electrons. The molecular weight excluding hydrogens is 172 g/mol. The van der Waals surface area contributed by atoms with Crippen LogP contribution in [0.1, 0.15) is 5.56 Å². The van der Waals surface area contributed by atoms with Gasteiger partial charge in [-0.15, -0.1) is 0 Å². The van der Waals surface area contributed by atoms with Crippen LogP contribution in [0.5, 0.6) is 0 Å². The molecule has 4 heteroatoms. The maximum absolute atomic E-state index is 12.8. The summed E-state index contributed by atoms with van der Waals surface area (Å²) < 4.78 is 25.3. The molecule has 0 aliphatic carbocycles. The second-order valence-electron chi connectivity index (χ2n) is 2.04. The Hall–Kier alpha value is -0.670. The molecule has 0 atom stereocenters. The van der Waals surface area contributed by atoms with Gasteiger partial charge in [0.15, 0.2) is 0 Å². The van der Waals surface area contributed by atoms with Crippen LogP contribution in [-0.2, 0) is 6.54 Å². The summed E-state index contributed by atoms with van der Waals surface area (Å²) in [5.74, 6) is -1.53. The highest BCUT2D eigenvalue weighted by atomic mass is 35.5. The monoisotopic (exact) mass is 177 g/mol. The van der Waals surface area contributed by atoms with E-state index < -0.39 is 16.7 Å². The minimum absolute atomic E-state index is 0.0197. The summed E-state index contributed by atoms with van der Waals surface area (Å²) in [6.45, 7) is 0.0197. The van der Waals surface area contributed by atoms with Crippen molar-refractivity contribution in [3.05, 3.63) is 34.4 Å². The molecule has 0 saturated carbocycles. The van der Waals surface area contributed by atoms with Crippen LogP contribution >= 0.6 is 11.6 Å². The molecule has 0 amide bonds. The lowest BCUT2D eigenvalue weighted by Crippen LogP contribution is -2.00. The van der Waals surface area contributed by atoms with Crippen LogP contribution < -0.4 is 5.73 Å². The predicted molar refractivity (Wildman–Crippen MR) is 39.3 cm³/mol. The van der Waals surface area contributed by atoms with Crippen molar-refractivity contribution in [2.45, 2.75) is 6.54 Å². The average molecular weight is 178 g/mol. The predicted octanol–water partition coefficient (Wildman–Crippen LogP) is 2.08. The molecule has 1 rings (SSSR count). The first-order chi connectivity index (χ1) is 5.16. The quantitative estimate of drug-likeness (QED) is 0.653. The van der Waals surface area contributed by atoms with E-state index in [9.17, 15) is 8.78 Å². The second kappa shape index (κ2) is 3.15. The molecule has 0 heterocycles. The molecule has 11 heavy (non-hydrogen) atoms. The number of halogens is 3. The van der Waals surface area contributed by atoms with Gasteiger partial charge in [-0.1, -0.05) is 17.7 Å². The molecule has 1 nitrogen and oxygen atoms in total. The maximum Gasteiger partial charge on any atom is 0.149 e. The van der Waals surface area contributed by atoms with E-state index in [-0.39, 0.29) is 12.1 Å². The third-order valence-corrected chi connectivity index (χ3v) is 1.68. The number of hydrogen-bond donors (Lipinski definition) is 1. The van der Waals surface area contributed by atoms with Gasteiger partial charge in [-0.05, 0) is 6.07 Å². The summed E-state index contributed by atoms with van der Waals surface area (Å²) in [6.07, 6.45) is 0. The lowest BCUT2D eigenvalue weighted by Gasteiger charge is -2.00. The molecule has 0 bridgehead atoms. The van der Waals surface area contributed by atoms with Crippen LogP contribution in [0.4, 0.5) is 8.78 Å². The van der Waals surface area contributed by atoms with Crippen molar-refractivity contribution in [3.63, 3.8) is 0 Å². The van der Waals surface area contributed by atoms with Gasteiger partial charge in [0, 0.05) is 12.1 Å². The number of nitrogens with two attached hydrogens (primary N) is 1. The van der Waals surface area contributed by atoms with Crippen molar-refractivity contribution in [1.82, 2.24) is 0 Å². The molecule has 0 spiro atoms. The Morgan fingerprint density at radius 2 is 2.00 bits per heavy atom. The Bertz CT molecular complexity index is 275. The molecule has 0 fully saturated rings. The summed E-state index contributed by atoms with van der Waals surface area (Å²) in [5.41, 5.74) is 5.37. The maximum atomic E-state index is 12.8. The lowest BCUT2D eigenvalue weighted by molar-refractivity contribution is 0.573. The minimum Gasteiger partial charge on any atom is -0.326 e. The topological polar surface area (TPSA) is 26.0 Å². The molecule has 1 aromatic carbocycles. The van der Waals surface area contributed by atoms with E-state index in [0.717, 1.165) is 6.07 Å². The molecular formula is C7H6ClF2N. The van der Waals surface area contributed by atoms with E-state index in [2.05, 4.69) is 0 Å². The minimum atomic E-state index is -0.769. The van der Waals surface area contributed by atoms with E-state index in [1.165, 1.54) is 6.07 Å². The Labute approximate surface area is 67.8 Å². The Morgan fingerprint density at radius 1 is 1.36 bits per heavy atom. The molecule has 0 aliphatic heterocycles. The summed E-state index contributed by atoms with van der Waals surface area (Å²) in [4.78, 5) is 0. The van der Waals surface area contributed by atoms with Crippen molar-refractivity contribution in [1.29, 1.82) is 0 Å². The standard InChI is InChI=1S/C7H6ClF2N/c8-6-5(9)2-1-4(3-11)7(6)10/h1-2H,3,11H2. The summed E-state index contributed by atoms with van der Waals surface area (Å²) >= 11 is 5.26. The average Bonchev–Trinajstić information content (AvgIpc) is 2.01. The van der Waals surface area contributed by atoms with Gasteiger partial charge in [-0.3, -0.25) is 0 Å². The summed E-state index contributed by atoms with van der Waals surface area (Å²) in [6, 6.07) is 2.37. The molecule has 0 radical (unpaired) electrons. The Balaban J connectivity index is 3.25. The molecule has 0 aliphatic rings. The number of rotatable bonds is 1. The van der Waals surface area contributed by atoms with Crippen molar-refractivity contribution in [2.24, 2.45) is 5.73 Å². The van der Waals surface area contributed by atoms with Gasteiger partial charge < -0.3 is 5.73 Å². The molecule has 0 unspecified atom stereocenters. The highest BCUT2D eigenvalue weighted by molar-refractivity contribution is 6.30. The Morgan fingerprint density at radius 3 is 2.55 bits per heavy atom. The van der Waals surface area contributed by atoms with Crippen LogP contribution in [0.3, 0.4) is 0 Å². The van der Waals surface area contributed by atoms with Gasteiger partial charge >= 0.3 is 0 Å². The van der Waals surface area contributed by atoms with Crippen LogP contribution in [-0.4, -0.2) is 0 Å². The zero-order valence-electron chi connectivity index (χ0n) is 5.57. The van der Waals surface area contributed by atoms with E-state index in [1.54, 1.807) is 0 Å². The van der Waals surface area contributed by atoms with E-state index >= 15 is 0 Å². The van der Waals surface area contributed by atoms with Gasteiger partial charge in [0.2, 0.25) is 0 Å². The van der Waals surface area contributed by atoms with Crippen LogP contribution in [0.15, 0.2) is 12.1 Å². The highest BCUT2D eigenvalue weighted by Crippen LogP contribution is 2.21. The zero-order valence-corrected chi connectivity index (χ0v) is 6.33. The normalized spacial score (nSPS) is 10.2. The zero-order chi connectivity index (χ0) is 8.43. The van der Waals surface area contributed by atoms with Gasteiger partial charge in [0.25, 0.3) is 0 Å². The van der Waals surface area contributed by atoms with Crippen LogP contribution in [0.25, 0.3) is 0 Å². The van der Waals surface area contributed by atoms with Gasteiger partial charge in [-0.2, -0.15) is 0 Å². The van der Waals surface area contributed by atoms with Crippen molar-refractivity contribution in [2.75, 3.05) is 0 Å². The fourth-order valence-electron chi connectivity index (χ4n) is 0.724. The van der Waals surface area contributed by atoms with E-state index in [4.69, 9.17) is 17.3 Å². The van der Waals surface area contributed by atoms with Crippen molar-refractivity contribution < 1.29 is 8.78 Å². The van der Waals surface area contributed by atoms with E-state index in [1.807, 2.05) is 0 Å². The third-order valence-electron chi connectivity index (χ3n) is 1.34. The van der Waals surface area contributed by atoms with Crippen LogP contribution in [0.2, 0.25) is 5.02 Å². The molecule has 1 aromatic rings. The fraction of sp³-hybridized carbons (Fsp3) is 0.143. The van der Waals surface area contributed by atoms with Crippen molar-refractivity contribution in [3.8, 4) is 0 Å². The fourth-order valence-corrected chi connectivity index (χ4v) is 0.908. The van der Waals surface area contributed by atoms with Gasteiger partial charge in [0.05, 0.1) is 0 Å². The molecule has 2 N–H and O–H groups in total. The third kappa shape index (κ3) is 1.49. The smallest absolute Gasteiger partial charge is 0.149 e. The molecule has 0 saturated heterocycles. The van der Waals surface area contributed by atoms with Gasteiger partial charge in [-0.25, -0.2) is 8.78 Å². The van der Waals surface area contributed by atoms with Gasteiger partial charge in [0.1, 0.15) is 16.7 Å². The number of benzene rings is 1. The lowest BCUT2D eigenvalue weighted by atomic mass is 10.2. The number of hydrogen-bond acceptors (Lipinski definition) is 1. The SMILES string of the molecule is NCc1ccc(F)c(Cl)c1F. The first-order valence-electron chi connectivity index (χ1n) is 2.99. The first-order valence-corrected chi connectivity index (χ1v) is 3.37. The van der Waals surface area contributed by atoms with E-state index in [0.29, 0.717) is 0 Å². The summed E-state index contributed by atoms with van der Waals surface area (Å²) in [7, 11) is 0. The highest BCUT2D eigenvalue weighted by Gasteiger charge is 2.09. The Kier molecular flexibility index (Phi) is 2.42. The first kappa shape index (κ1) is 8.43. The van der Waals surface area contributed by atoms with Crippen LogP contribution in [0, 0.1) is 11.6 Å². The largest absolute Gasteiger partial charge is 0.326 e.